The van der Waals surface area contributed by atoms with Crippen molar-refractivity contribution in [2.24, 2.45) is 0 Å². The maximum Gasteiger partial charge on any atom is 0.262 e. The average molecular weight is 442 g/mol. The Morgan fingerprint density at radius 1 is 1.16 bits per heavy atom. The van der Waals surface area contributed by atoms with E-state index in [-0.39, 0.29) is 23.3 Å². The highest BCUT2D eigenvalue weighted by Gasteiger charge is 2.26. The molecule has 1 fully saturated rings. The third-order valence-corrected chi connectivity index (χ3v) is 6.90. The van der Waals surface area contributed by atoms with Crippen LogP contribution in [0.2, 0.25) is 0 Å². The predicted molar refractivity (Wildman–Crippen MR) is 118 cm³/mol. The average Bonchev–Trinajstić information content (AvgIpc) is 2.76. The number of benzene rings is 2. The molecule has 0 saturated carbocycles. The molecule has 2 aromatic carbocycles. The first kappa shape index (κ1) is 22.8. The molecule has 2 aromatic rings. The standard InChI is InChI=1S/C23H27N3O4S/c1-17-4-5-18(2)22(16-17)31(28,29)25-20-8-6-19(7-9-20)23(27)26(13-3-12-24)21-10-14-30-15-11-21/h4-9,16,21,25H,3,10-11,13-15H2,1-2H3. The fraction of sp³-hybridized carbons (Fsp3) is 0.391. The molecule has 164 valence electrons. The predicted octanol–water partition coefficient (Wildman–Crippen LogP) is 3.64. The number of carbonyl (C=O) groups excluding carboxylic acids is 1. The zero-order chi connectivity index (χ0) is 22.4. The van der Waals surface area contributed by atoms with Crippen LogP contribution >= 0.6 is 0 Å². The van der Waals surface area contributed by atoms with E-state index in [1.165, 1.54) is 0 Å². The molecule has 0 radical (unpaired) electrons. The third kappa shape index (κ3) is 5.63. The Morgan fingerprint density at radius 3 is 2.48 bits per heavy atom. The van der Waals surface area contributed by atoms with Gasteiger partial charge in [-0.05, 0) is 68.1 Å². The lowest BCUT2D eigenvalue weighted by Crippen LogP contribution is -2.43. The highest BCUT2D eigenvalue weighted by molar-refractivity contribution is 7.92. The Labute approximate surface area is 183 Å². The largest absolute Gasteiger partial charge is 0.381 e. The van der Waals surface area contributed by atoms with Gasteiger partial charge in [0, 0.05) is 37.1 Å². The maximum atomic E-state index is 13.1. The van der Waals surface area contributed by atoms with Crippen LogP contribution in [0.1, 0.15) is 40.7 Å². The molecule has 0 spiro atoms. The molecule has 3 rings (SSSR count). The molecule has 1 N–H and O–H groups in total. The van der Waals surface area contributed by atoms with Crippen LogP contribution < -0.4 is 4.72 Å². The fourth-order valence-corrected chi connectivity index (χ4v) is 5.06. The fourth-order valence-electron chi connectivity index (χ4n) is 3.67. The van der Waals surface area contributed by atoms with E-state index in [1.54, 1.807) is 48.2 Å². The van der Waals surface area contributed by atoms with Gasteiger partial charge in [0.25, 0.3) is 15.9 Å². The first-order valence-electron chi connectivity index (χ1n) is 10.3. The van der Waals surface area contributed by atoms with E-state index in [0.717, 1.165) is 18.4 Å². The lowest BCUT2D eigenvalue weighted by Gasteiger charge is -2.34. The van der Waals surface area contributed by atoms with Gasteiger partial charge in [0.1, 0.15) is 0 Å². The second kappa shape index (κ2) is 9.94. The molecule has 1 amide bonds. The molecule has 8 heteroatoms. The number of hydrogen-bond donors (Lipinski definition) is 1. The minimum atomic E-state index is -3.74. The van der Waals surface area contributed by atoms with Crippen molar-refractivity contribution < 1.29 is 17.9 Å². The van der Waals surface area contributed by atoms with Crippen molar-refractivity contribution in [2.75, 3.05) is 24.5 Å². The molecule has 1 aliphatic heterocycles. The van der Waals surface area contributed by atoms with Crippen LogP contribution in [0.15, 0.2) is 47.4 Å². The maximum absolute atomic E-state index is 13.1. The number of aryl methyl sites for hydroxylation is 2. The lowest BCUT2D eigenvalue weighted by atomic mass is 10.0. The molecule has 0 unspecified atom stereocenters. The van der Waals surface area contributed by atoms with Gasteiger partial charge in [0.05, 0.1) is 17.4 Å². The van der Waals surface area contributed by atoms with Gasteiger partial charge in [0.15, 0.2) is 0 Å². The Hall–Kier alpha value is -2.89. The summed E-state index contributed by atoms with van der Waals surface area (Å²) < 4.78 is 33.6. The van der Waals surface area contributed by atoms with Crippen LogP contribution in [-0.2, 0) is 14.8 Å². The van der Waals surface area contributed by atoms with E-state index in [4.69, 9.17) is 10.00 Å². The van der Waals surface area contributed by atoms with E-state index >= 15 is 0 Å². The van der Waals surface area contributed by atoms with Crippen LogP contribution in [0.4, 0.5) is 5.69 Å². The number of rotatable bonds is 7. The van der Waals surface area contributed by atoms with Crippen molar-refractivity contribution in [1.29, 1.82) is 5.26 Å². The quantitative estimate of drug-likeness (QED) is 0.707. The van der Waals surface area contributed by atoms with E-state index in [9.17, 15) is 13.2 Å². The van der Waals surface area contributed by atoms with Gasteiger partial charge in [-0.15, -0.1) is 0 Å². The second-order valence-corrected chi connectivity index (χ2v) is 9.35. The van der Waals surface area contributed by atoms with Crippen LogP contribution in [0.25, 0.3) is 0 Å². The summed E-state index contributed by atoms with van der Waals surface area (Å²) in [7, 11) is -3.74. The topological polar surface area (TPSA) is 99.5 Å². The molecule has 1 saturated heterocycles. The Kier molecular flexibility index (Phi) is 7.31. The molecule has 0 aliphatic carbocycles. The summed E-state index contributed by atoms with van der Waals surface area (Å²) in [6, 6.07) is 13.8. The molecule has 0 aromatic heterocycles. The van der Waals surface area contributed by atoms with Crippen LogP contribution in [0.5, 0.6) is 0 Å². The molecular formula is C23H27N3O4S. The van der Waals surface area contributed by atoms with Crippen molar-refractivity contribution in [3.05, 3.63) is 59.2 Å². The molecule has 31 heavy (non-hydrogen) atoms. The van der Waals surface area contributed by atoms with Crippen molar-refractivity contribution in [1.82, 2.24) is 4.90 Å². The van der Waals surface area contributed by atoms with Crippen molar-refractivity contribution >= 4 is 21.6 Å². The highest BCUT2D eigenvalue weighted by Crippen LogP contribution is 2.22. The first-order chi connectivity index (χ1) is 14.8. The number of anilines is 1. The number of sulfonamides is 1. The number of ether oxygens (including phenoxy) is 1. The van der Waals surface area contributed by atoms with Crippen molar-refractivity contribution in [3.63, 3.8) is 0 Å². The van der Waals surface area contributed by atoms with Gasteiger partial charge < -0.3 is 9.64 Å². The second-order valence-electron chi connectivity index (χ2n) is 7.70. The first-order valence-corrected chi connectivity index (χ1v) is 11.8. The summed E-state index contributed by atoms with van der Waals surface area (Å²) in [6.45, 7) is 5.15. The number of hydrogen-bond acceptors (Lipinski definition) is 5. The van der Waals surface area contributed by atoms with E-state index in [2.05, 4.69) is 10.8 Å². The van der Waals surface area contributed by atoms with Crippen molar-refractivity contribution in [3.8, 4) is 6.07 Å². The van der Waals surface area contributed by atoms with Crippen LogP contribution in [0.3, 0.4) is 0 Å². The Morgan fingerprint density at radius 2 is 1.84 bits per heavy atom. The molecular weight excluding hydrogens is 414 g/mol. The third-order valence-electron chi connectivity index (χ3n) is 5.37. The normalized spacial score (nSPS) is 14.6. The monoisotopic (exact) mass is 441 g/mol. The molecule has 1 aliphatic rings. The number of nitrogens with one attached hydrogen (secondary N) is 1. The summed E-state index contributed by atoms with van der Waals surface area (Å²) >= 11 is 0. The molecule has 0 bridgehead atoms. The van der Waals surface area contributed by atoms with Gasteiger partial charge in [0.2, 0.25) is 0 Å². The summed E-state index contributed by atoms with van der Waals surface area (Å²) in [4.78, 5) is 15.1. The van der Waals surface area contributed by atoms with Crippen molar-refractivity contribution in [2.45, 2.75) is 44.0 Å². The Balaban J connectivity index is 1.77. The highest BCUT2D eigenvalue weighted by atomic mass is 32.2. The van der Waals surface area contributed by atoms with Gasteiger partial charge in [-0.25, -0.2) is 8.42 Å². The number of amides is 1. The van der Waals surface area contributed by atoms with Gasteiger partial charge >= 0.3 is 0 Å². The zero-order valence-corrected chi connectivity index (χ0v) is 18.6. The minimum absolute atomic E-state index is 0.0390. The van der Waals surface area contributed by atoms with E-state index < -0.39 is 10.0 Å². The molecule has 1 heterocycles. The molecule has 0 atom stereocenters. The lowest BCUT2D eigenvalue weighted by molar-refractivity contribution is 0.0296. The van der Waals surface area contributed by atoms with E-state index in [0.29, 0.717) is 36.6 Å². The number of nitrogens with zero attached hydrogens (tertiary/aromatic N) is 2. The SMILES string of the molecule is Cc1ccc(C)c(S(=O)(=O)Nc2ccc(C(=O)N(CCC#N)C3CCOCC3)cc2)c1. The Bertz CT molecular complexity index is 1070. The van der Waals surface area contributed by atoms with Gasteiger partial charge in [-0.2, -0.15) is 5.26 Å². The summed E-state index contributed by atoms with van der Waals surface area (Å²) in [5.41, 5.74) is 2.36. The van der Waals surface area contributed by atoms with Gasteiger partial charge in [-0.3, -0.25) is 9.52 Å². The number of carbonyl (C=O) groups is 1. The summed E-state index contributed by atoms with van der Waals surface area (Å²) in [6.07, 6.45) is 1.74. The van der Waals surface area contributed by atoms with Crippen LogP contribution in [-0.4, -0.2) is 45.0 Å². The minimum Gasteiger partial charge on any atom is -0.381 e. The van der Waals surface area contributed by atoms with Gasteiger partial charge in [-0.1, -0.05) is 12.1 Å². The summed E-state index contributed by atoms with van der Waals surface area (Å²) in [5, 5.41) is 8.96. The zero-order valence-electron chi connectivity index (χ0n) is 17.8. The number of nitriles is 1. The van der Waals surface area contributed by atoms with E-state index in [1.807, 2.05) is 13.0 Å². The molecule has 7 nitrogen and oxygen atoms in total. The summed E-state index contributed by atoms with van der Waals surface area (Å²) in [5.74, 6) is -0.161. The van der Waals surface area contributed by atoms with Crippen LogP contribution in [0, 0.1) is 25.2 Å². The smallest absolute Gasteiger partial charge is 0.262 e.